The highest BCUT2D eigenvalue weighted by atomic mass is 16.1. The summed E-state index contributed by atoms with van der Waals surface area (Å²) in [5.41, 5.74) is 3.84. The molecular formula is C19H20N2O. The zero-order chi connectivity index (χ0) is 14.9. The van der Waals surface area contributed by atoms with E-state index < -0.39 is 0 Å². The van der Waals surface area contributed by atoms with Crippen LogP contribution in [0.15, 0.2) is 36.2 Å². The van der Waals surface area contributed by atoms with Gasteiger partial charge in [-0.2, -0.15) is 0 Å². The van der Waals surface area contributed by atoms with Gasteiger partial charge in [-0.25, -0.2) is 0 Å². The summed E-state index contributed by atoms with van der Waals surface area (Å²) in [4.78, 5) is 21.3. The molecule has 1 unspecified atom stereocenters. The van der Waals surface area contributed by atoms with Gasteiger partial charge in [-0.05, 0) is 60.9 Å². The summed E-state index contributed by atoms with van der Waals surface area (Å²) in [6.45, 7) is 0. The Morgan fingerprint density at radius 2 is 1.77 bits per heavy atom. The molecule has 2 aliphatic rings. The minimum Gasteiger partial charge on any atom is -0.294 e. The van der Waals surface area contributed by atoms with Crippen LogP contribution in [0.25, 0.3) is 17.1 Å². The van der Waals surface area contributed by atoms with E-state index in [9.17, 15) is 4.79 Å². The Morgan fingerprint density at radius 3 is 2.59 bits per heavy atom. The lowest BCUT2D eigenvalue weighted by molar-refractivity contribution is -0.119. The lowest BCUT2D eigenvalue weighted by Crippen LogP contribution is -2.16. The quantitative estimate of drug-likeness (QED) is 0.780. The van der Waals surface area contributed by atoms with Crippen LogP contribution in [-0.2, 0) is 4.79 Å². The van der Waals surface area contributed by atoms with E-state index in [1.54, 1.807) is 12.4 Å². The second-order valence-electron chi connectivity index (χ2n) is 6.53. The Balaban J connectivity index is 1.60. The first-order valence-electron chi connectivity index (χ1n) is 8.27. The maximum atomic E-state index is 12.7. The molecule has 4 rings (SSSR count). The van der Waals surface area contributed by atoms with Gasteiger partial charge in [0.25, 0.3) is 0 Å². The van der Waals surface area contributed by atoms with Crippen molar-refractivity contribution in [1.82, 2.24) is 9.97 Å². The van der Waals surface area contributed by atoms with Crippen LogP contribution < -0.4 is 0 Å². The molecule has 112 valence electrons. The standard InChI is InChI=1S/C19H20N2O/c22-19-15(6-7-16(19)14-3-1-2-4-14)11-13-5-8-17-18(12-13)21-10-9-20-17/h5,8-12,14,16H,1-4,6-7H2. The number of hydrogen-bond donors (Lipinski definition) is 0. The number of ketones is 1. The molecule has 1 aromatic heterocycles. The molecule has 0 bridgehead atoms. The van der Waals surface area contributed by atoms with Gasteiger partial charge < -0.3 is 0 Å². The molecule has 2 aromatic rings. The van der Waals surface area contributed by atoms with Crippen molar-refractivity contribution in [2.75, 3.05) is 0 Å². The number of benzene rings is 1. The molecule has 0 amide bonds. The summed E-state index contributed by atoms with van der Waals surface area (Å²) < 4.78 is 0. The molecule has 0 aliphatic heterocycles. The average Bonchev–Trinajstić information content (AvgIpc) is 3.18. The van der Waals surface area contributed by atoms with E-state index in [4.69, 9.17) is 0 Å². The molecule has 0 saturated heterocycles. The van der Waals surface area contributed by atoms with Crippen molar-refractivity contribution in [1.29, 1.82) is 0 Å². The van der Waals surface area contributed by atoms with Gasteiger partial charge >= 0.3 is 0 Å². The van der Waals surface area contributed by atoms with Gasteiger partial charge in [-0.3, -0.25) is 14.8 Å². The van der Waals surface area contributed by atoms with Crippen molar-refractivity contribution in [2.45, 2.75) is 38.5 Å². The fourth-order valence-electron chi connectivity index (χ4n) is 4.03. The van der Waals surface area contributed by atoms with Crippen molar-refractivity contribution in [3.63, 3.8) is 0 Å². The summed E-state index contributed by atoms with van der Waals surface area (Å²) in [6.07, 6.45) is 12.5. The van der Waals surface area contributed by atoms with Crippen LogP contribution in [0, 0.1) is 11.8 Å². The second kappa shape index (κ2) is 5.64. The zero-order valence-corrected chi connectivity index (χ0v) is 12.7. The third kappa shape index (κ3) is 2.45. The Kier molecular flexibility index (Phi) is 3.49. The SMILES string of the molecule is O=C1C(=Cc2ccc3nccnc3c2)CCC1C1CCCC1. The molecule has 1 atom stereocenters. The Morgan fingerprint density at radius 1 is 1.00 bits per heavy atom. The fourth-order valence-corrected chi connectivity index (χ4v) is 4.03. The number of Topliss-reactive ketones (excluding diaryl/α,β-unsaturated/α-hetero) is 1. The summed E-state index contributed by atoms with van der Waals surface area (Å²) in [7, 11) is 0. The van der Waals surface area contributed by atoms with Crippen LogP contribution in [-0.4, -0.2) is 15.8 Å². The van der Waals surface area contributed by atoms with Gasteiger partial charge in [0.2, 0.25) is 0 Å². The first kappa shape index (κ1) is 13.6. The number of rotatable bonds is 2. The van der Waals surface area contributed by atoms with Gasteiger partial charge in [-0.1, -0.05) is 18.9 Å². The van der Waals surface area contributed by atoms with E-state index in [0.29, 0.717) is 11.7 Å². The van der Waals surface area contributed by atoms with Gasteiger partial charge in [0, 0.05) is 18.3 Å². The number of aromatic nitrogens is 2. The molecule has 2 fully saturated rings. The molecular weight excluding hydrogens is 272 g/mol. The minimum atomic E-state index is 0.286. The zero-order valence-electron chi connectivity index (χ0n) is 12.7. The van der Waals surface area contributed by atoms with E-state index in [2.05, 4.69) is 16.0 Å². The first-order valence-corrected chi connectivity index (χ1v) is 8.27. The summed E-state index contributed by atoms with van der Waals surface area (Å²) >= 11 is 0. The van der Waals surface area contributed by atoms with E-state index in [1.165, 1.54) is 25.7 Å². The van der Waals surface area contributed by atoms with E-state index in [1.807, 2.05) is 18.2 Å². The predicted octanol–water partition coefficient (Wildman–Crippen LogP) is 4.18. The lowest BCUT2D eigenvalue weighted by Gasteiger charge is -2.15. The Bertz CT molecular complexity index is 744. The van der Waals surface area contributed by atoms with E-state index in [-0.39, 0.29) is 5.92 Å². The maximum absolute atomic E-state index is 12.7. The van der Waals surface area contributed by atoms with Gasteiger partial charge in [0.1, 0.15) is 0 Å². The van der Waals surface area contributed by atoms with Gasteiger partial charge in [0.05, 0.1) is 11.0 Å². The molecule has 2 saturated carbocycles. The molecule has 0 radical (unpaired) electrons. The lowest BCUT2D eigenvalue weighted by atomic mass is 9.88. The molecule has 2 aliphatic carbocycles. The van der Waals surface area contributed by atoms with Crippen LogP contribution in [0.5, 0.6) is 0 Å². The van der Waals surface area contributed by atoms with Crippen molar-refractivity contribution < 1.29 is 4.79 Å². The monoisotopic (exact) mass is 292 g/mol. The van der Waals surface area contributed by atoms with E-state index in [0.717, 1.165) is 35.0 Å². The fraction of sp³-hybridized carbons (Fsp3) is 0.421. The largest absolute Gasteiger partial charge is 0.294 e. The second-order valence-corrected chi connectivity index (χ2v) is 6.53. The topological polar surface area (TPSA) is 42.9 Å². The average molecular weight is 292 g/mol. The molecule has 22 heavy (non-hydrogen) atoms. The molecule has 0 spiro atoms. The van der Waals surface area contributed by atoms with Crippen molar-refractivity contribution in [3.8, 4) is 0 Å². The molecule has 3 nitrogen and oxygen atoms in total. The third-order valence-corrected chi connectivity index (χ3v) is 5.18. The third-order valence-electron chi connectivity index (χ3n) is 5.18. The number of allylic oxidation sites excluding steroid dienone is 1. The van der Waals surface area contributed by atoms with Crippen molar-refractivity contribution in [2.24, 2.45) is 11.8 Å². The van der Waals surface area contributed by atoms with Gasteiger partial charge in [0.15, 0.2) is 5.78 Å². The summed E-state index contributed by atoms with van der Waals surface area (Å²) in [5.74, 6) is 1.32. The van der Waals surface area contributed by atoms with Gasteiger partial charge in [-0.15, -0.1) is 0 Å². The van der Waals surface area contributed by atoms with E-state index >= 15 is 0 Å². The maximum Gasteiger partial charge on any atom is 0.162 e. The first-order chi connectivity index (χ1) is 10.8. The minimum absolute atomic E-state index is 0.286. The number of carbonyl (C=O) groups excluding carboxylic acids is 1. The van der Waals surface area contributed by atoms with Crippen LogP contribution in [0.4, 0.5) is 0 Å². The number of hydrogen-bond acceptors (Lipinski definition) is 3. The molecule has 1 heterocycles. The highest BCUT2D eigenvalue weighted by molar-refractivity contribution is 6.03. The Hall–Kier alpha value is -2.03. The van der Waals surface area contributed by atoms with Crippen LogP contribution in [0.3, 0.4) is 0 Å². The highest BCUT2D eigenvalue weighted by Crippen LogP contribution is 2.40. The predicted molar refractivity (Wildman–Crippen MR) is 87.2 cm³/mol. The number of carbonyl (C=O) groups is 1. The Labute approximate surface area is 130 Å². The van der Waals surface area contributed by atoms with Crippen LogP contribution in [0.1, 0.15) is 44.1 Å². The highest BCUT2D eigenvalue weighted by Gasteiger charge is 2.36. The smallest absolute Gasteiger partial charge is 0.162 e. The number of nitrogens with zero attached hydrogens (tertiary/aromatic N) is 2. The summed E-state index contributed by atoms with van der Waals surface area (Å²) in [5, 5.41) is 0. The van der Waals surface area contributed by atoms with Crippen LogP contribution in [0.2, 0.25) is 0 Å². The van der Waals surface area contributed by atoms with Crippen molar-refractivity contribution >= 4 is 22.9 Å². The number of fused-ring (bicyclic) bond motifs is 1. The molecule has 3 heteroatoms. The van der Waals surface area contributed by atoms with Crippen LogP contribution >= 0.6 is 0 Å². The molecule has 1 aromatic carbocycles. The normalized spacial score (nSPS) is 24.6. The summed E-state index contributed by atoms with van der Waals surface area (Å²) in [6, 6.07) is 6.02. The van der Waals surface area contributed by atoms with Crippen molar-refractivity contribution in [3.05, 3.63) is 41.7 Å². The molecule has 0 N–H and O–H groups in total.